The number of hydrogen-bond donors (Lipinski definition) is 2. The molecule has 1 aliphatic carbocycles. The van der Waals surface area contributed by atoms with Crippen molar-refractivity contribution in [3.05, 3.63) is 35.4 Å². The topological polar surface area (TPSA) is 57.5 Å². The Balaban J connectivity index is 2.21. The number of hydrogen-bond acceptors (Lipinski definition) is 2. The second-order valence-corrected chi connectivity index (χ2v) is 3.71. The van der Waals surface area contributed by atoms with Gasteiger partial charge >= 0.3 is 5.97 Å². The van der Waals surface area contributed by atoms with E-state index in [9.17, 15) is 9.90 Å². The van der Waals surface area contributed by atoms with Crippen LogP contribution in [0.15, 0.2) is 24.3 Å². The van der Waals surface area contributed by atoms with E-state index < -0.39 is 12.1 Å². The smallest absolute Gasteiger partial charge is 0.303 e. The van der Waals surface area contributed by atoms with Gasteiger partial charge in [0.05, 0.1) is 12.5 Å². The van der Waals surface area contributed by atoms with Gasteiger partial charge in [-0.25, -0.2) is 0 Å². The summed E-state index contributed by atoms with van der Waals surface area (Å²) in [4.78, 5) is 10.5. The van der Waals surface area contributed by atoms with E-state index in [2.05, 4.69) is 0 Å². The van der Waals surface area contributed by atoms with Gasteiger partial charge in [0, 0.05) is 5.92 Å². The van der Waals surface area contributed by atoms with Crippen molar-refractivity contribution in [3.63, 3.8) is 0 Å². The highest BCUT2D eigenvalue weighted by Crippen LogP contribution is 2.37. The molecule has 0 saturated carbocycles. The molecule has 0 heterocycles. The fourth-order valence-electron chi connectivity index (χ4n) is 2.06. The standard InChI is InChI=1S/C11H12O3/c12-10(13)6-8-5-7-3-1-2-4-9(7)11(8)14/h1-4,8,11,14H,5-6H2,(H,12,13)/t8-,11+/m0/s1. The Hall–Kier alpha value is -1.35. The maximum Gasteiger partial charge on any atom is 0.303 e. The number of aliphatic hydroxyl groups is 1. The Morgan fingerprint density at radius 2 is 2.14 bits per heavy atom. The molecule has 0 radical (unpaired) electrons. The SMILES string of the molecule is O=C(O)C[C@@H]1Cc2ccccc2[C@@H]1O. The molecule has 2 N–H and O–H groups in total. The number of carboxylic acid groups (broad SMARTS) is 1. The summed E-state index contributed by atoms with van der Waals surface area (Å²) in [7, 11) is 0. The summed E-state index contributed by atoms with van der Waals surface area (Å²) in [6.07, 6.45) is 0.0988. The zero-order chi connectivity index (χ0) is 10.1. The van der Waals surface area contributed by atoms with E-state index in [1.54, 1.807) is 0 Å². The predicted octanol–water partition coefficient (Wildman–Crippen LogP) is 1.37. The van der Waals surface area contributed by atoms with Crippen LogP contribution in [-0.2, 0) is 11.2 Å². The maximum atomic E-state index is 10.5. The predicted molar refractivity (Wildman–Crippen MR) is 50.8 cm³/mol. The quantitative estimate of drug-likeness (QED) is 0.744. The molecule has 0 bridgehead atoms. The van der Waals surface area contributed by atoms with Gasteiger partial charge in [0.1, 0.15) is 0 Å². The van der Waals surface area contributed by atoms with Crippen molar-refractivity contribution in [2.45, 2.75) is 18.9 Å². The lowest BCUT2D eigenvalue weighted by atomic mass is 10.00. The fourth-order valence-corrected chi connectivity index (χ4v) is 2.06. The summed E-state index contributed by atoms with van der Waals surface area (Å²) in [5.41, 5.74) is 1.96. The largest absolute Gasteiger partial charge is 0.481 e. The van der Waals surface area contributed by atoms with Gasteiger partial charge in [-0.15, -0.1) is 0 Å². The first-order valence-corrected chi connectivity index (χ1v) is 4.66. The molecule has 3 heteroatoms. The summed E-state index contributed by atoms with van der Waals surface area (Å²) in [6, 6.07) is 7.59. The number of aliphatic carboxylic acids is 1. The van der Waals surface area contributed by atoms with E-state index >= 15 is 0 Å². The van der Waals surface area contributed by atoms with Gasteiger partial charge < -0.3 is 10.2 Å². The minimum absolute atomic E-state index is 0.0375. The summed E-state index contributed by atoms with van der Waals surface area (Å²) in [5, 5.41) is 18.5. The van der Waals surface area contributed by atoms with Crippen molar-refractivity contribution >= 4 is 5.97 Å². The molecule has 0 aliphatic heterocycles. The Bertz CT molecular complexity index is 359. The average Bonchev–Trinajstić information content (AvgIpc) is 2.44. The minimum atomic E-state index is -0.846. The van der Waals surface area contributed by atoms with Crippen LogP contribution in [0.1, 0.15) is 23.7 Å². The van der Waals surface area contributed by atoms with Crippen LogP contribution in [0.2, 0.25) is 0 Å². The first kappa shape index (κ1) is 9.21. The summed E-state index contributed by atoms with van der Waals surface area (Å²) in [6.45, 7) is 0. The lowest BCUT2D eigenvalue weighted by molar-refractivity contribution is -0.139. The van der Waals surface area contributed by atoms with E-state index in [4.69, 9.17) is 5.11 Å². The fraction of sp³-hybridized carbons (Fsp3) is 0.364. The van der Waals surface area contributed by atoms with Crippen LogP contribution in [0.5, 0.6) is 0 Å². The minimum Gasteiger partial charge on any atom is -0.481 e. The lowest BCUT2D eigenvalue weighted by Gasteiger charge is -2.11. The van der Waals surface area contributed by atoms with Crippen molar-refractivity contribution in [1.29, 1.82) is 0 Å². The van der Waals surface area contributed by atoms with E-state index in [1.807, 2.05) is 24.3 Å². The summed E-state index contributed by atoms with van der Waals surface area (Å²) < 4.78 is 0. The lowest BCUT2D eigenvalue weighted by Crippen LogP contribution is -2.12. The highest BCUT2D eigenvalue weighted by molar-refractivity contribution is 5.67. The first-order chi connectivity index (χ1) is 6.68. The molecule has 1 aliphatic rings. The highest BCUT2D eigenvalue weighted by Gasteiger charge is 2.31. The Kier molecular flexibility index (Phi) is 2.25. The number of rotatable bonds is 2. The molecule has 0 saturated heterocycles. The van der Waals surface area contributed by atoms with E-state index in [0.717, 1.165) is 11.1 Å². The molecule has 74 valence electrons. The van der Waals surface area contributed by atoms with Gasteiger partial charge in [0.25, 0.3) is 0 Å². The van der Waals surface area contributed by atoms with Crippen LogP contribution in [0.4, 0.5) is 0 Å². The zero-order valence-corrected chi connectivity index (χ0v) is 7.68. The Morgan fingerprint density at radius 1 is 1.43 bits per heavy atom. The van der Waals surface area contributed by atoms with E-state index in [-0.39, 0.29) is 12.3 Å². The van der Waals surface area contributed by atoms with Gasteiger partial charge in [-0.05, 0) is 17.5 Å². The van der Waals surface area contributed by atoms with Gasteiger partial charge in [0.15, 0.2) is 0 Å². The molecule has 0 aromatic heterocycles. The summed E-state index contributed by atoms with van der Waals surface area (Å²) in [5.74, 6) is -1.01. The van der Waals surface area contributed by atoms with E-state index in [1.165, 1.54) is 0 Å². The second kappa shape index (κ2) is 3.42. The van der Waals surface area contributed by atoms with Crippen LogP contribution in [0.3, 0.4) is 0 Å². The molecule has 1 aromatic carbocycles. The monoisotopic (exact) mass is 192 g/mol. The second-order valence-electron chi connectivity index (χ2n) is 3.71. The third-order valence-corrected chi connectivity index (χ3v) is 2.74. The Morgan fingerprint density at radius 3 is 2.79 bits per heavy atom. The molecular weight excluding hydrogens is 180 g/mol. The van der Waals surface area contributed by atoms with Crippen molar-refractivity contribution in [2.24, 2.45) is 5.92 Å². The molecule has 0 amide bonds. The third-order valence-electron chi connectivity index (χ3n) is 2.74. The van der Waals surface area contributed by atoms with Crippen LogP contribution >= 0.6 is 0 Å². The molecule has 2 rings (SSSR count). The molecule has 14 heavy (non-hydrogen) atoms. The highest BCUT2D eigenvalue weighted by atomic mass is 16.4. The van der Waals surface area contributed by atoms with Crippen LogP contribution in [-0.4, -0.2) is 16.2 Å². The van der Waals surface area contributed by atoms with Crippen LogP contribution < -0.4 is 0 Å². The molecule has 1 aromatic rings. The number of fused-ring (bicyclic) bond motifs is 1. The maximum absolute atomic E-state index is 10.5. The van der Waals surface area contributed by atoms with Crippen LogP contribution in [0.25, 0.3) is 0 Å². The molecule has 0 unspecified atom stereocenters. The van der Waals surface area contributed by atoms with Crippen molar-refractivity contribution in [3.8, 4) is 0 Å². The van der Waals surface area contributed by atoms with Gasteiger partial charge in [-0.2, -0.15) is 0 Å². The van der Waals surface area contributed by atoms with Crippen molar-refractivity contribution in [1.82, 2.24) is 0 Å². The van der Waals surface area contributed by atoms with Gasteiger partial charge in [-0.1, -0.05) is 24.3 Å². The molecule has 0 fully saturated rings. The van der Waals surface area contributed by atoms with Crippen molar-refractivity contribution in [2.75, 3.05) is 0 Å². The number of aliphatic hydroxyl groups excluding tert-OH is 1. The molecule has 3 nitrogen and oxygen atoms in total. The first-order valence-electron chi connectivity index (χ1n) is 4.66. The van der Waals surface area contributed by atoms with Gasteiger partial charge in [0.2, 0.25) is 0 Å². The van der Waals surface area contributed by atoms with Crippen LogP contribution in [0, 0.1) is 5.92 Å². The third kappa shape index (κ3) is 1.51. The number of carbonyl (C=O) groups is 1. The van der Waals surface area contributed by atoms with E-state index in [0.29, 0.717) is 6.42 Å². The molecular formula is C11H12O3. The molecule has 0 spiro atoms. The number of benzene rings is 1. The van der Waals surface area contributed by atoms with Gasteiger partial charge in [-0.3, -0.25) is 4.79 Å². The zero-order valence-electron chi connectivity index (χ0n) is 7.68. The average molecular weight is 192 g/mol. The van der Waals surface area contributed by atoms with Crippen molar-refractivity contribution < 1.29 is 15.0 Å². The number of carboxylic acids is 1. The summed E-state index contributed by atoms with van der Waals surface area (Å²) >= 11 is 0. The molecule has 2 atom stereocenters. The Labute approximate surface area is 82.0 Å². The normalized spacial score (nSPS) is 24.6.